The minimum Gasteiger partial charge on any atom is -0.466 e. The van der Waals surface area contributed by atoms with Crippen LogP contribution in [0.15, 0.2) is 67.3 Å². The molecule has 0 aliphatic heterocycles. The molecule has 0 aliphatic carbocycles. The fourth-order valence-electron chi connectivity index (χ4n) is 2.46. The third-order valence-electron chi connectivity index (χ3n) is 4.13. The van der Waals surface area contributed by atoms with Crippen molar-refractivity contribution in [3.05, 3.63) is 67.3 Å². The van der Waals surface area contributed by atoms with Crippen molar-refractivity contribution in [2.45, 2.75) is 32.1 Å². The molecule has 24 heavy (non-hydrogen) atoms. The topological polar surface area (TPSA) is 60.2 Å². The van der Waals surface area contributed by atoms with Crippen LogP contribution >= 0.6 is 0 Å². The highest BCUT2D eigenvalue weighted by Crippen LogP contribution is 2.30. The maximum atomic E-state index is 10.6. The van der Waals surface area contributed by atoms with Crippen molar-refractivity contribution < 1.29 is 9.84 Å². The van der Waals surface area contributed by atoms with E-state index in [4.69, 9.17) is 4.74 Å². The van der Waals surface area contributed by atoms with Crippen LogP contribution in [0.3, 0.4) is 0 Å². The van der Waals surface area contributed by atoms with Gasteiger partial charge in [0.1, 0.15) is 24.0 Å². The molecule has 1 heterocycles. The number of ether oxygens (including phenoxy) is 1. The van der Waals surface area contributed by atoms with E-state index in [1.807, 2.05) is 49.4 Å². The average molecular weight is 323 g/mol. The molecule has 2 atom stereocenters. The molecule has 3 aromatic rings. The first-order valence-corrected chi connectivity index (χ1v) is 7.99. The second-order valence-electron chi connectivity index (χ2n) is 5.95. The lowest BCUT2D eigenvalue weighted by Crippen LogP contribution is -2.39. The summed E-state index contributed by atoms with van der Waals surface area (Å²) in [5, 5.41) is 14.7. The molecule has 1 N–H and O–H groups in total. The zero-order valence-electron chi connectivity index (χ0n) is 13.8. The molecular weight excluding hydrogens is 302 g/mol. The average Bonchev–Trinajstić information content (AvgIpc) is 3.15. The Morgan fingerprint density at radius 2 is 1.75 bits per heavy atom. The van der Waals surface area contributed by atoms with Crippen LogP contribution in [0, 0.1) is 0 Å². The van der Waals surface area contributed by atoms with Gasteiger partial charge in [-0.1, -0.05) is 49.4 Å². The van der Waals surface area contributed by atoms with E-state index in [0.717, 1.165) is 11.1 Å². The molecule has 0 bridgehead atoms. The molecule has 0 saturated heterocycles. The lowest BCUT2D eigenvalue weighted by Gasteiger charge is -2.31. The van der Waals surface area contributed by atoms with Gasteiger partial charge in [0.2, 0.25) is 6.23 Å². The SMILES string of the molecule is CCC(C)(O)C(Oc1ccc(-c2ccccc2)cc1)n1cncn1. The van der Waals surface area contributed by atoms with E-state index in [9.17, 15) is 5.11 Å². The molecule has 2 aromatic carbocycles. The normalized spacial score (nSPS) is 14.8. The van der Waals surface area contributed by atoms with Gasteiger partial charge < -0.3 is 9.84 Å². The number of aliphatic hydroxyl groups is 1. The molecule has 0 fully saturated rings. The molecule has 0 radical (unpaired) electrons. The second kappa shape index (κ2) is 6.84. The van der Waals surface area contributed by atoms with Gasteiger partial charge >= 0.3 is 0 Å². The van der Waals surface area contributed by atoms with Crippen LogP contribution in [0.2, 0.25) is 0 Å². The Bertz CT molecular complexity index is 753. The van der Waals surface area contributed by atoms with Gasteiger partial charge in [0.15, 0.2) is 0 Å². The minimum absolute atomic E-state index is 0.527. The number of nitrogens with zero attached hydrogens (tertiary/aromatic N) is 3. The van der Waals surface area contributed by atoms with E-state index in [1.54, 1.807) is 13.3 Å². The lowest BCUT2D eigenvalue weighted by atomic mass is 10.0. The predicted molar refractivity (Wildman–Crippen MR) is 92.5 cm³/mol. The Morgan fingerprint density at radius 3 is 2.33 bits per heavy atom. The Labute approximate surface area is 141 Å². The van der Waals surface area contributed by atoms with E-state index >= 15 is 0 Å². The van der Waals surface area contributed by atoms with Crippen LogP contribution in [0.25, 0.3) is 11.1 Å². The van der Waals surface area contributed by atoms with Gasteiger partial charge in [0, 0.05) is 0 Å². The summed E-state index contributed by atoms with van der Waals surface area (Å²) in [6.07, 6.45) is 2.86. The molecular formula is C19H21N3O2. The van der Waals surface area contributed by atoms with E-state index in [1.165, 1.54) is 11.0 Å². The molecule has 0 amide bonds. The molecule has 0 aliphatic rings. The first-order valence-electron chi connectivity index (χ1n) is 7.99. The number of rotatable bonds is 6. The van der Waals surface area contributed by atoms with Crippen LogP contribution in [-0.2, 0) is 0 Å². The summed E-state index contributed by atoms with van der Waals surface area (Å²) < 4.78 is 7.55. The van der Waals surface area contributed by atoms with E-state index in [0.29, 0.717) is 12.2 Å². The predicted octanol–water partition coefficient (Wildman–Crippen LogP) is 3.68. The zero-order chi connectivity index (χ0) is 17.0. The van der Waals surface area contributed by atoms with E-state index in [2.05, 4.69) is 22.2 Å². The molecule has 2 unspecified atom stereocenters. The second-order valence-corrected chi connectivity index (χ2v) is 5.95. The van der Waals surface area contributed by atoms with Gasteiger partial charge in [-0.3, -0.25) is 0 Å². The van der Waals surface area contributed by atoms with Crippen LogP contribution in [0.5, 0.6) is 5.75 Å². The fraction of sp³-hybridized carbons (Fsp3) is 0.263. The highest BCUT2D eigenvalue weighted by Gasteiger charge is 2.34. The Hall–Kier alpha value is -2.66. The van der Waals surface area contributed by atoms with Crippen LogP contribution in [0.4, 0.5) is 0 Å². The number of hydrogen-bond acceptors (Lipinski definition) is 4. The van der Waals surface area contributed by atoms with Crippen molar-refractivity contribution in [3.8, 4) is 16.9 Å². The Kier molecular flexibility index (Phi) is 4.62. The monoisotopic (exact) mass is 323 g/mol. The van der Waals surface area contributed by atoms with Crippen molar-refractivity contribution in [1.82, 2.24) is 14.8 Å². The summed E-state index contributed by atoms with van der Waals surface area (Å²) in [4.78, 5) is 3.95. The van der Waals surface area contributed by atoms with Gasteiger partial charge in [-0.25, -0.2) is 9.67 Å². The lowest BCUT2D eigenvalue weighted by molar-refractivity contribution is -0.0941. The van der Waals surface area contributed by atoms with Gasteiger partial charge in [-0.15, -0.1) is 0 Å². The smallest absolute Gasteiger partial charge is 0.221 e. The molecule has 0 saturated carbocycles. The maximum Gasteiger partial charge on any atom is 0.221 e. The summed E-state index contributed by atoms with van der Waals surface area (Å²) in [6, 6.07) is 18.0. The molecule has 5 heteroatoms. The van der Waals surface area contributed by atoms with Crippen molar-refractivity contribution in [2.24, 2.45) is 0 Å². The van der Waals surface area contributed by atoms with Crippen molar-refractivity contribution >= 4 is 0 Å². The standard InChI is InChI=1S/C19H21N3O2/c1-3-19(2,23)18(22-14-20-13-21-22)24-17-11-9-16(10-12-17)15-7-5-4-6-8-15/h4-14,18,23H,3H2,1-2H3. The number of aromatic nitrogens is 3. The summed E-state index contributed by atoms with van der Waals surface area (Å²) in [5.41, 5.74) is 1.20. The summed E-state index contributed by atoms with van der Waals surface area (Å²) in [7, 11) is 0. The molecule has 1 aromatic heterocycles. The zero-order valence-corrected chi connectivity index (χ0v) is 13.8. The van der Waals surface area contributed by atoms with E-state index in [-0.39, 0.29) is 0 Å². The van der Waals surface area contributed by atoms with Crippen molar-refractivity contribution in [2.75, 3.05) is 0 Å². The Morgan fingerprint density at radius 1 is 1.08 bits per heavy atom. The molecule has 124 valence electrons. The van der Waals surface area contributed by atoms with Crippen LogP contribution in [-0.4, -0.2) is 25.5 Å². The summed E-state index contributed by atoms with van der Waals surface area (Å²) >= 11 is 0. The van der Waals surface area contributed by atoms with Gasteiger partial charge in [-0.05, 0) is 36.6 Å². The van der Waals surface area contributed by atoms with Gasteiger partial charge in [0.25, 0.3) is 0 Å². The summed E-state index contributed by atoms with van der Waals surface area (Å²) in [6.45, 7) is 3.64. The quantitative estimate of drug-likeness (QED) is 0.751. The first-order chi connectivity index (χ1) is 11.6. The maximum absolute atomic E-state index is 10.6. The van der Waals surface area contributed by atoms with Gasteiger partial charge in [0.05, 0.1) is 0 Å². The highest BCUT2D eigenvalue weighted by molar-refractivity contribution is 5.63. The Balaban J connectivity index is 1.83. The molecule has 3 rings (SSSR count). The number of hydrogen-bond donors (Lipinski definition) is 1. The number of benzene rings is 2. The first kappa shape index (κ1) is 16.2. The fourth-order valence-corrected chi connectivity index (χ4v) is 2.46. The van der Waals surface area contributed by atoms with Crippen LogP contribution < -0.4 is 4.74 Å². The van der Waals surface area contributed by atoms with Crippen molar-refractivity contribution in [1.29, 1.82) is 0 Å². The minimum atomic E-state index is -1.06. The third-order valence-corrected chi connectivity index (χ3v) is 4.13. The largest absolute Gasteiger partial charge is 0.466 e. The van der Waals surface area contributed by atoms with Crippen LogP contribution in [0.1, 0.15) is 26.5 Å². The highest BCUT2D eigenvalue weighted by atomic mass is 16.5. The molecule has 0 spiro atoms. The molecule has 5 nitrogen and oxygen atoms in total. The third kappa shape index (κ3) is 3.46. The summed E-state index contributed by atoms with van der Waals surface area (Å²) in [5.74, 6) is 0.670. The van der Waals surface area contributed by atoms with Crippen molar-refractivity contribution in [3.63, 3.8) is 0 Å². The van der Waals surface area contributed by atoms with Gasteiger partial charge in [-0.2, -0.15) is 5.10 Å². The van der Waals surface area contributed by atoms with E-state index < -0.39 is 11.8 Å².